The molecule has 0 saturated carbocycles. The number of ketones is 2. The molecule has 0 heterocycles. The zero-order valence-electron chi connectivity index (χ0n) is 14.3. The highest BCUT2D eigenvalue weighted by Gasteiger charge is 2.46. The van der Waals surface area contributed by atoms with Crippen molar-refractivity contribution in [3.05, 3.63) is 0 Å². The molecular formula is C16H28O6. The van der Waals surface area contributed by atoms with E-state index in [4.69, 9.17) is 14.2 Å². The predicted molar refractivity (Wildman–Crippen MR) is 81.3 cm³/mol. The average molecular weight is 316 g/mol. The van der Waals surface area contributed by atoms with E-state index >= 15 is 0 Å². The minimum atomic E-state index is -1.45. The standard InChI is InChI=1S/C16H28O6/c1-6-12(17)10-11-16(5,15(19)22-9-4)13(18)14(20-7-2)21-8-3/h14H,6-11H2,1-5H3. The summed E-state index contributed by atoms with van der Waals surface area (Å²) in [5.74, 6) is -1.15. The fourth-order valence-corrected chi connectivity index (χ4v) is 1.94. The van der Waals surface area contributed by atoms with Gasteiger partial charge >= 0.3 is 5.97 Å². The Labute approximate surface area is 132 Å². The number of ether oxygens (including phenoxy) is 3. The fourth-order valence-electron chi connectivity index (χ4n) is 1.94. The normalized spacial score (nSPS) is 13.7. The molecule has 1 atom stereocenters. The lowest BCUT2D eigenvalue weighted by Gasteiger charge is -2.29. The molecule has 0 bridgehead atoms. The second-order valence-corrected chi connectivity index (χ2v) is 5.05. The molecule has 0 aliphatic carbocycles. The summed E-state index contributed by atoms with van der Waals surface area (Å²) in [6.45, 7) is 9.10. The molecule has 0 aliphatic rings. The van der Waals surface area contributed by atoms with Gasteiger partial charge in [0.15, 0.2) is 0 Å². The van der Waals surface area contributed by atoms with Crippen LogP contribution in [0, 0.1) is 5.41 Å². The summed E-state index contributed by atoms with van der Waals surface area (Å²) >= 11 is 0. The second-order valence-electron chi connectivity index (χ2n) is 5.05. The molecule has 22 heavy (non-hydrogen) atoms. The summed E-state index contributed by atoms with van der Waals surface area (Å²) in [4.78, 5) is 36.5. The Morgan fingerprint density at radius 3 is 1.91 bits per heavy atom. The molecule has 0 radical (unpaired) electrons. The first-order valence-corrected chi connectivity index (χ1v) is 7.83. The van der Waals surface area contributed by atoms with Crippen LogP contribution in [-0.4, -0.2) is 43.6 Å². The van der Waals surface area contributed by atoms with Crippen LogP contribution < -0.4 is 0 Å². The maximum atomic E-state index is 12.7. The van der Waals surface area contributed by atoms with E-state index in [-0.39, 0.29) is 38.4 Å². The van der Waals surface area contributed by atoms with Crippen LogP contribution in [0.5, 0.6) is 0 Å². The lowest BCUT2D eigenvalue weighted by atomic mass is 9.80. The van der Waals surface area contributed by atoms with Gasteiger partial charge in [0.1, 0.15) is 11.2 Å². The minimum absolute atomic E-state index is 0.00677. The van der Waals surface area contributed by atoms with Crippen LogP contribution in [-0.2, 0) is 28.6 Å². The summed E-state index contributed by atoms with van der Waals surface area (Å²) in [7, 11) is 0. The van der Waals surface area contributed by atoms with Crippen LogP contribution in [0.15, 0.2) is 0 Å². The summed E-state index contributed by atoms with van der Waals surface area (Å²) in [6.07, 6.45) is -0.523. The predicted octanol–water partition coefficient (Wildman–Crippen LogP) is 2.28. The number of Topliss-reactive ketones (excluding diaryl/α,β-unsaturated/α-hetero) is 2. The van der Waals surface area contributed by atoms with Gasteiger partial charge in [-0.15, -0.1) is 0 Å². The quantitative estimate of drug-likeness (QED) is 0.312. The van der Waals surface area contributed by atoms with Crippen LogP contribution in [0.25, 0.3) is 0 Å². The Hall–Kier alpha value is -1.27. The molecule has 0 aliphatic heterocycles. The van der Waals surface area contributed by atoms with E-state index in [0.29, 0.717) is 6.42 Å². The highest BCUT2D eigenvalue weighted by molar-refractivity contribution is 6.05. The van der Waals surface area contributed by atoms with E-state index < -0.39 is 23.5 Å². The lowest BCUT2D eigenvalue weighted by molar-refractivity contribution is -0.184. The summed E-state index contributed by atoms with van der Waals surface area (Å²) in [5.41, 5.74) is -1.45. The van der Waals surface area contributed by atoms with E-state index in [2.05, 4.69) is 0 Å². The molecule has 0 amide bonds. The number of hydrogen-bond acceptors (Lipinski definition) is 6. The number of esters is 1. The van der Waals surface area contributed by atoms with Crippen LogP contribution in [0.4, 0.5) is 0 Å². The molecule has 0 fully saturated rings. The topological polar surface area (TPSA) is 78.9 Å². The summed E-state index contributed by atoms with van der Waals surface area (Å²) in [5, 5.41) is 0. The highest BCUT2D eigenvalue weighted by atomic mass is 16.7. The van der Waals surface area contributed by atoms with Gasteiger partial charge in [0.25, 0.3) is 0 Å². The van der Waals surface area contributed by atoms with Crippen molar-refractivity contribution in [1.82, 2.24) is 0 Å². The molecule has 0 aromatic carbocycles. The van der Waals surface area contributed by atoms with Gasteiger partial charge in [0.05, 0.1) is 6.61 Å². The SMILES string of the molecule is CCOC(=O)C(C)(CCC(=O)CC)C(=O)C(OCC)OCC. The Morgan fingerprint density at radius 1 is 0.955 bits per heavy atom. The van der Waals surface area contributed by atoms with E-state index in [1.165, 1.54) is 6.92 Å². The highest BCUT2D eigenvalue weighted by Crippen LogP contribution is 2.30. The average Bonchev–Trinajstić information content (AvgIpc) is 2.51. The number of carbonyl (C=O) groups is 3. The minimum Gasteiger partial charge on any atom is -0.465 e. The van der Waals surface area contributed by atoms with Crippen molar-refractivity contribution < 1.29 is 28.6 Å². The maximum Gasteiger partial charge on any atom is 0.319 e. The van der Waals surface area contributed by atoms with E-state index in [0.717, 1.165) is 0 Å². The Kier molecular flexibility index (Phi) is 9.85. The van der Waals surface area contributed by atoms with Crippen molar-refractivity contribution in [2.24, 2.45) is 5.41 Å². The molecule has 0 aromatic heterocycles. The molecule has 128 valence electrons. The molecule has 1 unspecified atom stereocenters. The Morgan fingerprint density at radius 2 is 1.50 bits per heavy atom. The Balaban J connectivity index is 5.29. The van der Waals surface area contributed by atoms with Gasteiger partial charge in [0.2, 0.25) is 12.1 Å². The molecular weight excluding hydrogens is 288 g/mol. The zero-order chi connectivity index (χ0) is 17.2. The molecule has 6 nitrogen and oxygen atoms in total. The van der Waals surface area contributed by atoms with E-state index in [1.54, 1.807) is 27.7 Å². The van der Waals surface area contributed by atoms with Crippen molar-refractivity contribution in [2.45, 2.75) is 60.2 Å². The van der Waals surface area contributed by atoms with Gasteiger partial charge in [-0.1, -0.05) is 6.92 Å². The molecule has 6 heteroatoms. The first-order valence-electron chi connectivity index (χ1n) is 7.83. The largest absolute Gasteiger partial charge is 0.465 e. The molecule has 0 rings (SSSR count). The van der Waals surface area contributed by atoms with Gasteiger partial charge < -0.3 is 14.2 Å². The zero-order valence-corrected chi connectivity index (χ0v) is 14.3. The number of hydrogen-bond donors (Lipinski definition) is 0. The summed E-state index contributed by atoms with van der Waals surface area (Å²) in [6, 6.07) is 0. The van der Waals surface area contributed by atoms with Gasteiger partial charge in [0, 0.05) is 26.1 Å². The molecule has 0 saturated heterocycles. The van der Waals surface area contributed by atoms with Crippen molar-refractivity contribution in [2.75, 3.05) is 19.8 Å². The van der Waals surface area contributed by atoms with Gasteiger partial charge in [-0.3, -0.25) is 14.4 Å². The van der Waals surface area contributed by atoms with Crippen LogP contribution >= 0.6 is 0 Å². The first kappa shape index (κ1) is 20.7. The van der Waals surface area contributed by atoms with Crippen molar-refractivity contribution in [3.63, 3.8) is 0 Å². The lowest BCUT2D eigenvalue weighted by Crippen LogP contribution is -2.46. The van der Waals surface area contributed by atoms with Crippen LogP contribution in [0.2, 0.25) is 0 Å². The molecule has 0 aromatic rings. The summed E-state index contributed by atoms with van der Waals surface area (Å²) < 4.78 is 15.6. The van der Waals surface area contributed by atoms with Crippen LogP contribution in [0.3, 0.4) is 0 Å². The molecule has 0 N–H and O–H groups in total. The monoisotopic (exact) mass is 316 g/mol. The molecule has 0 spiro atoms. The Bertz CT molecular complexity index is 373. The van der Waals surface area contributed by atoms with Gasteiger partial charge in [-0.25, -0.2) is 0 Å². The number of rotatable bonds is 12. The maximum absolute atomic E-state index is 12.7. The van der Waals surface area contributed by atoms with E-state index in [1.807, 2.05) is 0 Å². The first-order chi connectivity index (χ1) is 10.4. The third kappa shape index (κ3) is 5.85. The van der Waals surface area contributed by atoms with E-state index in [9.17, 15) is 14.4 Å². The fraction of sp³-hybridized carbons (Fsp3) is 0.812. The number of carbonyl (C=O) groups excluding carboxylic acids is 3. The van der Waals surface area contributed by atoms with Crippen molar-refractivity contribution >= 4 is 17.5 Å². The third-order valence-corrected chi connectivity index (χ3v) is 3.42. The van der Waals surface area contributed by atoms with Crippen molar-refractivity contribution in [3.8, 4) is 0 Å². The van der Waals surface area contributed by atoms with Crippen LogP contribution in [0.1, 0.15) is 53.9 Å². The van der Waals surface area contributed by atoms with Gasteiger partial charge in [-0.05, 0) is 34.1 Å². The van der Waals surface area contributed by atoms with Crippen molar-refractivity contribution in [1.29, 1.82) is 0 Å². The van der Waals surface area contributed by atoms with Gasteiger partial charge in [-0.2, -0.15) is 0 Å². The smallest absolute Gasteiger partial charge is 0.319 e. The second kappa shape index (κ2) is 10.5. The third-order valence-electron chi connectivity index (χ3n) is 3.42.